The summed E-state index contributed by atoms with van der Waals surface area (Å²) >= 11 is 5.23. The number of rotatable bonds is 3. The van der Waals surface area contributed by atoms with Crippen LogP contribution >= 0.6 is 27.3 Å². The third-order valence-electron chi connectivity index (χ3n) is 2.11. The van der Waals surface area contributed by atoms with Gasteiger partial charge in [0.25, 0.3) is 0 Å². The molecule has 0 radical (unpaired) electrons. The lowest BCUT2D eigenvalue weighted by molar-refractivity contribution is 1.10. The van der Waals surface area contributed by atoms with Gasteiger partial charge in [0.15, 0.2) is 0 Å². The van der Waals surface area contributed by atoms with E-state index in [0.717, 1.165) is 21.7 Å². The zero-order chi connectivity index (χ0) is 10.7. The number of anilines is 1. The highest BCUT2D eigenvalue weighted by atomic mass is 79.9. The van der Waals surface area contributed by atoms with E-state index in [-0.39, 0.29) is 0 Å². The van der Waals surface area contributed by atoms with Gasteiger partial charge in [-0.15, -0.1) is 11.3 Å². The van der Waals surface area contributed by atoms with Gasteiger partial charge in [0, 0.05) is 21.7 Å². The average Bonchev–Trinajstić information content (AvgIpc) is 2.73. The van der Waals surface area contributed by atoms with Gasteiger partial charge < -0.3 is 5.32 Å². The molecule has 0 atom stereocenters. The molecule has 2 rings (SSSR count). The molecule has 0 aliphatic rings. The molecule has 1 aromatic carbocycles. The first-order chi connectivity index (χ1) is 7.27. The van der Waals surface area contributed by atoms with Crippen molar-refractivity contribution >= 4 is 33.0 Å². The zero-order valence-corrected chi connectivity index (χ0v) is 10.7. The van der Waals surface area contributed by atoms with E-state index in [1.807, 2.05) is 17.6 Å². The van der Waals surface area contributed by atoms with Crippen molar-refractivity contribution in [3.8, 4) is 0 Å². The summed E-state index contributed by atoms with van der Waals surface area (Å²) < 4.78 is 1.13. The molecule has 2 nitrogen and oxygen atoms in total. The molecule has 1 aromatic heterocycles. The number of halogens is 1. The molecule has 0 aliphatic carbocycles. The Labute approximate surface area is 101 Å². The minimum atomic E-state index is 0.778. The molecule has 0 saturated carbocycles. The van der Waals surface area contributed by atoms with Crippen molar-refractivity contribution in [2.75, 3.05) is 5.32 Å². The third kappa shape index (κ3) is 2.58. The van der Waals surface area contributed by atoms with Gasteiger partial charge in [0.05, 0.1) is 6.54 Å². The van der Waals surface area contributed by atoms with Gasteiger partial charge in [-0.3, -0.25) is 0 Å². The van der Waals surface area contributed by atoms with Gasteiger partial charge in [-0.25, -0.2) is 4.98 Å². The van der Waals surface area contributed by atoms with Crippen molar-refractivity contribution in [1.29, 1.82) is 0 Å². The second kappa shape index (κ2) is 4.77. The molecule has 1 N–H and O–H groups in total. The van der Waals surface area contributed by atoms with Crippen LogP contribution in [0.1, 0.15) is 10.6 Å². The monoisotopic (exact) mass is 282 g/mol. The van der Waals surface area contributed by atoms with Crippen LogP contribution in [0.2, 0.25) is 0 Å². The summed E-state index contributed by atoms with van der Waals surface area (Å²) in [4.78, 5) is 4.22. The number of hydrogen-bond acceptors (Lipinski definition) is 3. The number of benzene rings is 1. The molecular weight excluding hydrogens is 272 g/mol. The first-order valence-electron chi connectivity index (χ1n) is 4.65. The standard InChI is InChI=1S/C11H11BrN2S/c1-8-3-2-4-9(11(8)12)14-7-10-13-5-6-15-10/h2-6,14H,7H2,1H3. The van der Waals surface area contributed by atoms with E-state index >= 15 is 0 Å². The van der Waals surface area contributed by atoms with Gasteiger partial charge >= 0.3 is 0 Å². The summed E-state index contributed by atoms with van der Waals surface area (Å²) in [6.45, 7) is 2.86. The van der Waals surface area contributed by atoms with Crippen LogP contribution in [0.3, 0.4) is 0 Å². The molecule has 0 unspecified atom stereocenters. The summed E-state index contributed by atoms with van der Waals surface area (Å²) in [5.41, 5.74) is 2.35. The van der Waals surface area contributed by atoms with Crippen LogP contribution in [0.25, 0.3) is 0 Å². The van der Waals surface area contributed by atoms with E-state index < -0.39 is 0 Å². The highest BCUT2D eigenvalue weighted by molar-refractivity contribution is 9.10. The largest absolute Gasteiger partial charge is 0.378 e. The van der Waals surface area contributed by atoms with E-state index in [4.69, 9.17) is 0 Å². The van der Waals surface area contributed by atoms with Gasteiger partial charge in [-0.1, -0.05) is 12.1 Å². The van der Waals surface area contributed by atoms with E-state index in [2.05, 4.69) is 45.3 Å². The Bertz CT molecular complexity index is 440. The summed E-state index contributed by atoms with van der Waals surface area (Å²) in [6, 6.07) is 6.19. The second-order valence-corrected chi connectivity index (χ2v) is 4.99. The van der Waals surface area contributed by atoms with E-state index in [0.29, 0.717) is 0 Å². The summed E-state index contributed by atoms with van der Waals surface area (Å²) in [5, 5.41) is 6.45. The van der Waals surface area contributed by atoms with Crippen molar-refractivity contribution in [1.82, 2.24) is 4.98 Å². The molecule has 78 valence electrons. The summed E-state index contributed by atoms with van der Waals surface area (Å²) in [7, 11) is 0. The van der Waals surface area contributed by atoms with Crippen LogP contribution in [-0.4, -0.2) is 4.98 Å². The minimum Gasteiger partial charge on any atom is -0.378 e. The van der Waals surface area contributed by atoms with Crippen LogP contribution in [-0.2, 0) is 6.54 Å². The lowest BCUT2D eigenvalue weighted by atomic mass is 10.2. The fourth-order valence-electron chi connectivity index (χ4n) is 1.30. The Balaban J connectivity index is 2.08. The lowest BCUT2D eigenvalue weighted by Crippen LogP contribution is -1.99. The SMILES string of the molecule is Cc1cccc(NCc2nccs2)c1Br. The van der Waals surface area contributed by atoms with Crippen molar-refractivity contribution < 1.29 is 0 Å². The van der Waals surface area contributed by atoms with Crippen LogP contribution in [0.15, 0.2) is 34.2 Å². The predicted molar refractivity (Wildman–Crippen MR) is 68.3 cm³/mol. The Morgan fingerprint density at radius 2 is 2.33 bits per heavy atom. The van der Waals surface area contributed by atoms with Gasteiger partial charge in [0.2, 0.25) is 0 Å². The molecule has 1 heterocycles. The first kappa shape index (κ1) is 10.6. The lowest BCUT2D eigenvalue weighted by Gasteiger charge is -2.08. The molecular formula is C11H11BrN2S. The third-order valence-corrected chi connectivity index (χ3v) is 3.94. The maximum atomic E-state index is 4.22. The van der Waals surface area contributed by atoms with Crippen LogP contribution in [0, 0.1) is 6.92 Å². The average molecular weight is 283 g/mol. The number of nitrogens with zero attached hydrogens (tertiary/aromatic N) is 1. The number of nitrogens with one attached hydrogen (secondary N) is 1. The molecule has 15 heavy (non-hydrogen) atoms. The smallest absolute Gasteiger partial charge is 0.112 e. The second-order valence-electron chi connectivity index (χ2n) is 3.22. The number of aromatic nitrogens is 1. The highest BCUT2D eigenvalue weighted by Gasteiger charge is 2.02. The Kier molecular flexibility index (Phi) is 3.38. The van der Waals surface area contributed by atoms with Crippen molar-refractivity contribution in [3.05, 3.63) is 44.8 Å². The number of aryl methyl sites for hydroxylation is 1. The van der Waals surface area contributed by atoms with Crippen molar-refractivity contribution in [2.24, 2.45) is 0 Å². The predicted octanol–water partition coefficient (Wildman–Crippen LogP) is 3.83. The first-order valence-corrected chi connectivity index (χ1v) is 6.32. The normalized spacial score (nSPS) is 10.3. The Morgan fingerprint density at radius 3 is 3.07 bits per heavy atom. The Hall–Kier alpha value is -0.870. The molecule has 2 aromatic rings. The van der Waals surface area contributed by atoms with E-state index in [1.54, 1.807) is 11.3 Å². The maximum absolute atomic E-state index is 4.22. The topological polar surface area (TPSA) is 24.9 Å². The Morgan fingerprint density at radius 1 is 1.47 bits per heavy atom. The molecule has 0 saturated heterocycles. The van der Waals surface area contributed by atoms with E-state index in [1.165, 1.54) is 5.56 Å². The summed E-state index contributed by atoms with van der Waals surface area (Å²) in [6.07, 6.45) is 1.83. The molecule has 0 bridgehead atoms. The molecule has 0 fully saturated rings. The highest BCUT2D eigenvalue weighted by Crippen LogP contribution is 2.26. The summed E-state index contributed by atoms with van der Waals surface area (Å²) in [5.74, 6) is 0. The zero-order valence-electron chi connectivity index (χ0n) is 8.33. The fourth-order valence-corrected chi connectivity index (χ4v) is 2.26. The number of hydrogen-bond donors (Lipinski definition) is 1. The fraction of sp³-hybridized carbons (Fsp3) is 0.182. The quantitative estimate of drug-likeness (QED) is 0.926. The van der Waals surface area contributed by atoms with Crippen LogP contribution in [0.5, 0.6) is 0 Å². The van der Waals surface area contributed by atoms with Crippen molar-refractivity contribution in [3.63, 3.8) is 0 Å². The molecule has 0 aliphatic heterocycles. The molecule has 0 amide bonds. The number of thiazole rings is 1. The maximum Gasteiger partial charge on any atom is 0.112 e. The van der Waals surface area contributed by atoms with Gasteiger partial charge in [-0.05, 0) is 34.5 Å². The van der Waals surface area contributed by atoms with E-state index in [9.17, 15) is 0 Å². The minimum absolute atomic E-state index is 0.778. The van der Waals surface area contributed by atoms with Crippen LogP contribution in [0.4, 0.5) is 5.69 Å². The van der Waals surface area contributed by atoms with Crippen LogP contribution < -0.4 is 5.32 Å². The van der Waals surface area contributed by atoms with Gasteiger partial charge in [0.1, 0.15) is 5.01 Å². The molecule has 4 heteroatoms. The van der Waals surface area contributed by atoms with Crippen molar-refractivity contribution in [2.45, 2.75) is 13.5 Å². The van der Waals surface area contributed by atoms with Gasteiger partial charge in [-0.2, -0.15) is 0 Å². The molecule has 0 spiro atoms.